The topological polar surface area (TPSA) is 26.0 Å². The van der Waals surface area contributed by atoms with Crippen molar-refractivity contribution in [1.29, 1.82) is 0 Å². The Labute approximate surface area is 81.7 Å². The number of hydrogen-bond acceptors (Lipinski definition) is 1. The number of allylic oxidation sites excluding steroid dienone is 4. The standard InChI is InChI=1S/C12H21N/c1-8-9(2)11(4)12(10(8)3)6-5-7-13/h12H,5-7,13H2,1-4H3. The molecule has 74 valence electrons. The third-order valence-electron chi connectivity index (χ3n) is 3.49. The fourth-order valence-electron chi connectivity index (χ4n) is 2.19. The molecule has 0 saturated carbocycles. The van der Waals surface area contributed by atoms with E-state index in [1.54, 1.807) is 11.1 Å². The van der Waals surface area contributed by atoms with Crippen LogP contribution in [0, 0.1) is 5.92 Å². The molecule has 0 aliphatic heterocycles. The molecule has 0 fully saturated rings. The van der Waals surface area contributed by atoms with Gasteiger partial charge in [-0.15, -0.1) is 0 Å². The molecular weight excluding hydrogens is 158 g/mol. The third-order valence-corrected chi connectivity index (χ3v) is 3.49. The Kier molecular flexibility index (Phi) is 3.32. The van der Waals surface area contributed by atoms with E-state index in [4.69, 9.17) is 5.73 Å². The van der Waals surface area contributed by atoms with E-state index in [0.29, 0.717) is 5.92 Å². The van der Waals surface area contributed by atoms with Crippen LogP contribution in [0.5, 0.6) is 0 Å². The quantitative estimate of drug-likeness (QED) is 0.708. The lowest BCUT2D eigenvalue weighted by molar-refractivity contribution is 0.613. The molecule has 0 amide bonds. The van der Waals surface area contributed by atoms with Crippen LogP contribution < -0.4 is 5.73 Å². The Morgan fingerprint density at radius 1 is 1.00 bits per heavy atom. The highest BCUT2D eigenvalue weighted by Gasteiger charge is 2.23. The number of hydrogen-bond donors (Lipinski definition) is 1. The van der Waals surface area contributed by atoms with Gasteiger partial charge >= 0.3 is 0 Å². The second-order valence-corrected chi connectivity index (χ2v) is 4.10. The van der Waals surface area contributed by atoms with Crippen molar-refractivity contribution < 1.29 is 0 Å². The van der Waals surface area contributed by atoms with Crippen molar-refractivity contribution in [3.8, 4) is 0 Å². The summed E-state index contributed by atoms with van der Waals surface area (Å²) in [6, 6.07) is 0. The van der Waals surface area contributed by atoms with Crippen LogP contribution in [-0.4, -0.2) is 6.54 Å². The lowest BCUT2D eigenvalue weighted by Crippen LogP contribution is -2.06. The van der Waals surface area contributed by atoms with Gasteiger partial charge in [0.05, 0.1) is 0 Å². The van der Waals surface area contributed by atoms with Crippen molar-refractivity contribution in [2.45, 2.75) is 40.5 Å². The summed E-state index contributed by atoms with van der Waals surface area (Å²) in [5.74, 6) is 0.684. The smallest absolute Gasteiger partial charge is 0.00135 e. The minimum Gasteiger partial charge on any atom is -0.330 e. The van der Waals surface area contributed by atoms with E-state index in [9.17, 15) is 0 Å². The largest absolute Gasteiger partial charge is 0.330 e. The SMILES string of the molecule is CC1=C(C)C(CCCN)C(C)=C1C. The lowest BCUT2D eigenvalue weighted by Gasteiger charge is -2.13. The van der Waals surface area contributed by atoms with Gasteiger partial charge in [-0.25, -0.2) is 0 Å². The fraction of sp³-hybridized carbons (Fsp3) is 0.667. The summed E-state index contributed by atoms with van der Waals surface area (Å²) in [4.78, 5) is 0. The van der Waals surface area contributed by atoms with E-state index < -0.39 is 0 Å². The highest BCUT2D eigenvalue weighted by molar-refractivity contribution is 5.46. The summed E-state index contributed by atoms with van der Waals surface area (Å²) in [5, 5.41) is 0. The predicted octanol–water partition coefficient (Wildman–Crippen LogP) is 3.03. The Morgan fingerprint density at radius 2 is 1.46 bits per heavy atom. The molecule has 1 heteroatoms. The molecule has 1 aliphatic rings. The minimum absolute atomic E-state index is 0.684. The summed E-state index contributed by atoms with van der Waals surface area (Å²) in [5.41, 5.74) is 11.7. The van der Waals surface area contributed by atoms with Crippen molar-refractivity contribution in [3.05, 3.63) is 22.3 Å². The first-order valence-electron chi connectivity index (χ1n) is 5.14. The van der Waals surface area contributed by atoms with Crippen molar-refractivity contribution in [2.24, 2.45) is 11.7 Å². The molecule has 1 aliphatic carbocycles. The van der Waals surface area contributed by atoms with Crippen LogP contribution in [0.25, 0.3) is 0 Å². The van der Waals surface area contributed by atoms with Crippen molar-refractivity contribution in [3.63, 3.8) is 0 Å². The Balaban J connectivity index is 2.77. The Bertz CT molecular complexity index is 234. The molecule has 0 aromatic heterocycles. The van der Waals surface area contributed by atoms with Gasteiger partial charge in [0, 0.05) is 5.92 Å². The minimum atomic E-state index is 0.684. The van der Waals surface area contributed by atoms with Gasteiger partial charge in [-0.05, 0) is 58.2 Å². The van der Waals surface area contributed by atoms with Crippen LogP contribution in [0.4, 0.5) is 0 Å². The van der Waals surface area contributed by atoms with Crippen LogP contribution in [0.3, 0.4) is 0 Å². The van der Waals surface area contributed by atoms with Gasteiger partial charge in [-0.2, -0.15) is 0 Å². The zero-order chi connectivity index (χ0) is 10.0. The molecule has 0 saturated heterocycles. The van der Waals surface area contributed by atoms with Crippen molar-refractivity contribution in [1.82, 2.24) is 0 Å². The monoisotopic (exact) mass is 179 g/mol. The van der Waals surface area contributed by atoms with Gasteiger partial charge in [-0.1, -0.05) is 11.1 Å². The zero-order valence-electron chi connectivity index (χ0n) is 9.28. The summed E-state index contributed by atoms with van der Waals surface area (Å²) in [6.45, 7) is 9.80. The molecule has 1 rings (SSSR count). The average molecular weight is 179 g/mol. The van der Waals surface area contributed by atoms with Crippen LogP contribution in [-0.2, 0) is 0 Å². The van der Waals surface area contributed by atoms with E-state index in [2.05, 4.69) is 27.7 Å². The molecule has 0 unspecified atom stereocenters. The first-order chi connectivity index (χ1) is 6.09. The Morgan fingerprint density at radius 3 is 1.85 bits per heavy atom. The van der Waals surface area contributed by atoms with E-state index in [1.165, 1.54) is 17.6 Å². The lowest BCUT2D eigenvalue weighted by atomic mass is 9.92. The maximum absolute atomic E-state index is 5.53. The first kappa shape index (κ1) is 10.5. The highest BCUT2D eigenvalue weighted by Crippen LogP contribution is 2.38. The van der Waals surface area contributed by atoms with E-state index in [-0.39, 0.29) is 0 Å². The van der Waals surface area contributed by atoms with Crippen molar-refractivity contribution >= 4 is 0 Å². The summed E-state index contributed by atoms with van der Waals surface area (Å²) in [6.07, 6.45) is 2.36. The zero-order valence-corrected chi connectivity index (χ0v) is 9.28. The van der Waals surface area contributed by atoms with Gasteiger partial charge < -0.3 is 5.73 Å². The average Bonchev–Trinajstić information content (AvgIpc) is 2.30. The van der Waals surface area contributed by atoms with Crippen LogP contribution in [0.2, 0.25) is 0 Å². The van der Waals surface area contributed by atoms with E-state index in [0.717, 1.165) is 13.0 Å². The third kappa shape index (κ3) is 1.86. The van der Waals surface area contributed by atoms with Gasteiger partial charge in [-0.3, -0.25) is 0 Å². The van der Waals surface area contributed by atoms with Crippen LogP contribution in [0.1, 0.15) is 40.5 Å². The molecule has 2 N–H and O–H groups in total. The molecule has 0 radical (unpaired) electrons. The van der Waals surface area contributed by atoms with Crippen LogP contribution >= 0.6 is 0 Å². The molecule has 0 bridgehead atoms. The van der Waals surface area contributed by atoms with E-state index in [1.807, 2.05) is 0 Å². The second-order valence-electron chi connectivity index (χ2n) is 4.10. The number of rotatable bonds is 3. The molecule has 0 heterocycles. The molecular formula is C12H21N. The van der Waals surface area contributed by atoms with Crippen molar-refractivity contribution in [2.75, 3.05) is 6.54 Å². The summed E-state index contributed by atoms with van der Waals surface area (Å²) >= 11 is 0. The van der Waals surface area contributed by atoms with E-state index >= 15 is 0 Å². The van der Waals surface area contributed by atoms with Gasteiger partial charge in [0.15, 0.2) is 0 Å². The predicted molar refractivity (Wildman–Crippen MR) is 58.5 cm³/mol. The Hall–Kier alpha value is -0.560. The first-order valence-corrected chi connectivity index (χ1v) is 5.14. The van der Waals surface area contributed by atoms with Gasteiger partial charge in [0.2, 0.25) is 0 Å². The fourth-order valence-corrected chi connectivity index (χ4v) is 2.19. The normalized spacial score (nSPS) is 19.2. The molecule has 0 atom stereocenters. The van der Waals surface area contributed by atoms with Crippen LogP contribution in [0.15, 0.2) is 22.3 Å². The summed E-state index contributed by atoms with van der Waals surface area (Å²) < 4.78 is 0. The highest BCUT2D eigenvalue weighted by atomic mass is 14.5. The van der Waals surface area contributed by atoms with Gasteiger partial charge in [0.25, 0.3) is 0 Å². The maximum atomic E-state index is 5.53. The molecule has 1 nitrogen and oxygen atoms in total. The maximum Gasteiger partial charge on any atom is 0.00135 e. The molecule has 0 spiro atoms. The second kappa shape index (κ2) is 4.10. The number of nitrogens with two attached hydrogens (primary N) is 1. The summed E-state index contributed by atoms with van der Waals surface area (Å²) in [7, 11) is 0. The van der Waals surface area contributed by atoms with Gasteiger partial charge in [0.1, 0.15) is 0 Å². The molecule has 13 heavy (non-hydrogen) atoms. The molecule has 0 aromatic carbocycles. The molecule has 0 aromatic rings.